The van der Waals surface area contributed by atoms with Crippen molar-refractivity contribution in [2.24, 2.45) is 0 Å². The second-order valence-electron chi connectivity index (χ2n) is 12.4. The number of aliphatic hydroxyl groups excluding tert-OH is 1. The highest BCUT2D eigenvalue weighted by molar-refractivity contribution is 7.66. The van der Waals surface area contributed by atoms with E-state index < -0.39 is 66.1 Å². The number of carboxylic acids is 1. The number of nitrogen functional groups attached to an aromatic ring is 1. The molecule has 0 radical (unpaired) electrons. The molecule has 5 atom stereocenters. The van der Waals surface area contributed by atoms with Crippen LogP contribution in [0.3, 0.4) is 0 Å². The highest BCUT2D eigenvalue weighted by Crippen LogP contribution is 2.66. The molecule has 2 aromatic carbocycles. The smallest absolute Gasteiger partial charge is 0.490 e. The molecule has 1 fully saturated rings. The van der Waals surface area contributed by atoms with Crippen molar-refractivity contribution in [3.8, 4) is 40.0 Å². The van der Waals surface area contributed by atoms with Gasteiger partial charge in [-0.05, 0) is 42.0 Å². The maximum absolute atomic E-state index is 13.1. The minimum absolute atomic E-state index is 0.0439. The van der Waals surface area contributed by atoms with Crippen molar-refractivity contribution in [2.45, 2.75) is 24.9 Å². The molecule has 1 saturated heterocycles. The first-order chi connectivity index (χ1) is 27.6. The number of aromatic hydroxyl groups is 1. The number of hydrogen-bond donors (Lipinski definition) is 9. The lowest BCUT2D eigenvalue weighted by molar-refractivity contribution is -0.0449. The molecule has 10 N–H and O–H groups in total. The summed E-state index contributed by atoms with van der Waals surface area (Å²) in [7, 11) is -17.0. The van der Waals surface area contributed by atoms with Crippen LogP contribution in [0.15, 0.2) is 74.8 Å². The fraction of sp³-hybridized carbons (Fsp3) is 0.182. The minimum Gasteiger partial charge on any atom is -0.508 e. The number of nitrogens with two attached hydrogens (primary N) is 1. The summed E-state index contributed by atoms with van der Waals surface area (Å²) in [6.07, 6.45) is -3.43. The first-order valence-corrected chi connectivity index (χ1v) is 21.0. The predicted molar refractivity (Wildman–Crippen MR) is 200 cm³/mol. The Labute approximate surface area is 329 Å². The van der Waals surface area contributed by atoms with Gasteiger partial charge in [0.15, 0.2) is 5.43 Å². The van der Waals surface area contributed by atoms with E-state index in [2.05, 4.69) is 35.3 Å². The van der Waals surface area contributed by atoms with Crippen LogP contribution >= 0.6 is 23.5 Å². The summed E-state index contributed by atoms with van der Waals surface area (Å²) in [5.74, 6) is 2.81. The molecule has 23 nitrogen and oxygen atoms in total. The quantitative estimate of drug-likeness (QED) is 0.0490. The van der Waals surface area contributed by atoms with Gasteiger partial charge in [-0.1, -0.05) is 17.9 Å². The molecule has 3 aromatic rings. The SMILES string of the molecule is Nc1nc(=O)n([C@H]2C[C@H](O)[C@@H](COP(=O)(O)OP(=O)(O)OP(=O)(O)O)O2)cc1C#CCNC(=O)c1ccc(-c2c3ccc(=O)cc-3oc3cc(O)ccc23)c(C(=O)O)c1. The predicted octanol–water partition coefficient (Wildman–Crippen LogP) is 1.88. The van der Waals surface area contributed by atoms with Crippen molar-refractivity contribution in [3.05, 3.63) is 98.2 Å². The summed E-state index contributed by atoms with van der Waals surface area (Å²) in [6.45, 7) is -1.31. The van der Waals surface area contributed by atoms with E-state index >= 15 is 0 Å². The fourth-order valence-corrected chi connectivity index (χ4v) is 8.92. The monoisotopic (exact) mass is 878 g/mol. The van der Waals surface area contributed by atoms with Gasteiger partial charge in [0.25, 0.3) is 5.91 Å². The molecule has 3 aliphatic rings. The number of carbonyl (C=O) groups is 2. The highest BCUT2D eigenvalue weighted by atomic mass is 31.3. The third-order valence-electron chi connectivity index (χ3n) is 8.33. The lowest BCUT2D eigenvalue weighted by atomic mass is 9.90. The van der Waals surface area contributed by atoms with E-state index in [1.54, 1.807) is 0 Å². The molecule has 3 heterocycles. The van der Waals surface area contributed by atoms with Gasteiger partial charge < -0.3 is 55.1 Å². The zero-order chi connectivity index (χ0) is 43.0. The van der Waals surface area contributed by atoms with Gasteiger partial charge in [0, 0.05) is 46.8 Å². The summed E-state index contributed by atoms with van der Waals surface area (Å²) < 4.78 is 58.4. The average molecular weight is 879 g/mol. The number of anilines is 1. The normalized spacial score (nSPS) is 18.8. The highest BCUT2D eigenvalue weighted by Gasteiger charge is 2.43. The van der Waals surface area contributed by atoms with Gasteiger partial charge >= 0.3 is 35.1 Å². The molecule has 6 rings (SSSR count). The topological polar surface area (TPSA) is 367 Å². The van der Waals surface area contributed by atoms with Crippen LogP contribution in [0.2, 0.25) is 0 Å². The number of rotatable bonds is 12. The van der Waals surface area contributed by atoms with Crippen LogP contribution in [0, 0.1) is 11.8 Å². The van der Waals surface area contributed by atoms with E-state index in [1.807, 2.05) is 0 Å². The van der Waals surface area contributed by atoms with E-state index in [-0.39, 0.29) is 63.6 Å². The van der Waals surface area contributed by atoms with Crippen LogP contribution in [-0.2, 0) is 31.6 Å². The summed E-state index contributed by atoms with van der Waals surface area (Å²) in [4.78, 5) is 90.4. The Balaban J connectivity index is 1.15. The lowest BCUT2D eigenvalue weighted by Crippen LogP contribution is -2.29. The molecule has 26 heteroatoms. The van der Waals surface area contributed by atoms with Gasteiger partial charge in [0.1, 0.15) is 35.2 Å². The molecular weight excluding hydrogens is 849 g/mol. The van der Waals surface area contributed by atoms with E-state index in [9.17, 15) is 58.0 Å². The van der Waals surface area contributed by atoms with Gasteiger partial charge in [-0.3, -0.25) is 18.7 Å². The standard InChI is InChI=1S/C33H29N4O19P3/c34-30-17(14-37(33(44)36-30)28-13-24(40)27(54-28)15-52-58(48,49)56-59(50,51)55-57(45,46)47)2-1-9-35-31(41)16-3-6-20(23(10-16)32(42)43)29-21-7-4-18(38)11-25(21)53-26-12-19(39)5-8-22(26)29/h3-8,10-12,14,24,27-28,38,40H,9,13,15H2,(H,35,41)(H,42,43)(H,48,49)(H,50,51)(H2,34,36,44)(H2,45,46,47)/t24-,27+,28+/m0/s1. The minimum atomic E-state index is -5.80. The largest absolute Gasteiger partial charge is 0.508 e. The van der Waals surface area contributed by atoms with Crippen LogP contribution in [0.4, 0.5) is 5.82 Å². The van der Waals surface area contributed by atoms with E-state index in [4.69, 9.17) is 24.7 Å². The third kappa shape index (κ3) is 10.2. The van der Waals surface area contributed by atoms with Crippen LogP contribution in [0.1, 0.15) is 38.9 Å². The number of aromatic carboxylic acids is 1. The maximum Gasteiger partial charge on any atom is 0.490 e. The number of carbonyl (C=O) groups excluding carboxylic acids is 1. The van der Waals surface area contributed by atoms with Crippen LogP contribution in [0.5, 0.6) is 5.75 Å². The van der Waals surface area contributed by atoms with Gasteiger partial charge in [-0.15, -0.1) is 0 Å². The molecule has 0 spiro atoms. The number of benzene rings is 3. The Kier molecular flexibility index (Phi) is 12.1. The van der Waals surface area contributed by atoms with E-state index in [1.165, 1.54) is 48.5 Å². The number of nitrogens with zero attached hydrogens (tertiary/aromatic N) is 2. The number of aromatic nitrogens is 2. The second kappa shape index (κ2) is 16.6. The zero-order valence-electron chi connectivity index (χ0n) is 29.5. The maximum atomic E-state index is 13.1. The summed E-state index contributed by atoms with van der Waals surface area (Å²) >= 11 is 0. The number of phenols is 1. The summed E-state index contributed by atoms with van der Waals surface area (Å²) in [6, 6.07) is 12.2. The Hall–Kier alpha value is -5.56. The fourth-order valence-electron chi connectivity index (χ4n) is 5.89. The molecule has 1 amide bonds. The van der Waals surface area contributed by atoms with Crippen LogP contribution < -0.4 is 22.2 Å². The van der Waals surface area contributed by atoms with Gasteiger partial charge in [-0.25, -0.2) is 23.3 Å². The number of nitrogens with one attached hydrogen (secondary N) is 1. The number of phosphoric acid groups is 3. The Morgan fingerprint density at radius 3 is 2.42 bits per heavy atom. The second-order valence-corrected chi connectivity index (χ2v) is 16.8. The number of phosphoric ester groups is 1. The first-order valence-electron chi connectivity index (χ1n) is 16.4. The number of aliphatic hydroxyl groups is 1. The number of ether oxygens (including phenoxy) is 1. The van der Waals surface area contributed by atoms with Crippen molar-refractivity contribution in [1.29, 1.82) is 0 Å². The molecule has 2 aliphatic heterocycles. The van der Waals surface area contributed by atoms with Crippen molar-refractivity contribution in [1.82, 2.24) is 14.9 Å². The van der Waals surface area contributed by atoms with Crippen molar-refractivity contribution in [3.63, 3.8) is 0 Å². The van der Waals surface area contributed by atoms with Crippen molar-refractivity contribution in [2.75, 3.05) is 18.9 Å². The summed E-state index contributed by atoms with van der Waals surface area (Å²) in [5, 5.41) is 33.6. The first kappa shape index (κ1) is 43.0. The number of fused-ring (bicyclic) bond motifs is 2. The number of phenolic OH excluding ortho intramolecular Hbond substituents is 1. The average Bonchev–Trinajstić information content (AvgIpc) is 3.49. The molecule has 1 aliphatic carbocycles. The van der Waals surface area contributed by atoms with Gasteiger partial charge in [-0.2, -0.15) is 13.6 Å². The number of hydrogen-bond acceptors (Lipinski definition) is 16. The molecule has 1 aromatic heterocycles. The molecule has 310 valence electrons. The molecular formula is C33H29N4O19P3. The Morgan fingerprint density at radius 1 is 0.983 bits per heavy atom. The lowest BCUT2D eigenvalue weighted by Gasteiger charge is -2.19. The van der Waals surface area contributed by atoms with E-state index in [0.717, 1.165) is 16.8 Å². The van der Waals surface area contributed by atoms with Gasteiger partial charge in [0.2, 0.25) is 0 Å². The molecule has 0 saturated carbocycles. The molecule has 2 unspecified atom stereocenters. The van der Waals surface area contributed by atoms with Crippen LogP contribution in [0.25, 0.3) is 33.4 Å². The number of carboxylic acid groups (broad SMARTS) is 1. The van der Waals surface area contributed by atoms with E-state index in [0.29, 0.717) is 16.5 Å². The van der Waals surface area contributed by atoms with Crippen LogP contribution in [-0.4, -0.2) is 81.7 Å². The molecule has 59 heavy (non-hydrogen) atoms. The number of amides is 1. The van der Waals surface area contributed by atoms with Crippen molar-refractivity contribution < 1.29 is 80.5 Å². The molecule has 0 bridgehead atoms. The Morgan fingerprint density at radius 2 is 1.71 bits per heavy atom. The summed E-state index contributed by atoms with van der Waals surface area (Å²) in [5.41, 5.74) is 5.29. The zero-order valence-corrected chi connectivity index (χ0v) is 32.2. The van der Waals surface area contributed by atoms with Crippen molar-refractivity contribution >= 4 is 52.1 Å². The third-order valence-corrected chi connectivity index (χ3v) is 12.1. The Bertz CT molecular complexity index is 2810. The van der Waals surface area contributed by atoms with Gasteiger partial charge in [0.05, 0.1) is 30.4 Å².